The van der Waals surface area contributed by atoms with Gasteiger partial charge in [-0.2, -0.15) is 0 Å². The predicted molar refractivity (Wildman–Crippen MR) is 163 cm³/mol. The molecule has 8 heterocycles. The second kappa shape index (κ2) is 11.3. The number of imidazole rings is 3. The quantitative estimate of drug-likeness (QED) is 0.0976. The molecule has 0 saturated carbocycles. The van der Waals surface area contributed by atoms with Gasteiger partial charge in [0.2, 0.25) is 5.78 Å². The summed E-state index contributed by atoms with van der Waals surface area (Å²) in [6, 6.07) is 0. The number of nitrogens with two attached hydrogens (primary N) is 1. The minimum Gasteiger partial charge on any atom is -0.386 e. The number of fused-ring (bicyclic) bond motifs is 5. The van der Waals surface area contributed by atoms with Crippen LogP contribution in [0.2, 0.25) is 0 Å². The maximum atomic E-state index is 13.5. The second-order valence-electron chi connectivity index (χ2n) is 10.8. The van der Waals surface area contributed by atoms with Crippen LogP contribution in [-0.2, 0) is 43.9 Å². The Morgan fingerprint density at radius 1 is 0.957 bits per heavy atom. The molecule has 8 rings (SSSR count). The van der Waals surface area contributed by atoms with Crippen LogP contribution >= 0.6 is 25.8 Å². The van der Waals surface area contributed by atoms with Gasteiger partial charge in [-0.15, -0.1) is 0 Å². The van der Waals surface area contributed by atoms with E-state index in [9.17, 15) is 24.5 Å². The van der Waals surface area contributed by atoms with Crippen LogP contribution in [0.5, 0.6) is 0 Å². The topological polar surface area (TPSA) is 271 Å². The van der Waals surface area contributed by atoms with Crippen LogP contribution in [0, 0.1) is 0 Å². The monoisotopic (exact) mass is 730 g/mol. The SMILES string of the molecule is Nc1ncnc2c1ncn2[C@@H]1O[C@@H]2COP(O)(=S)O[C@H]3[C@@H](O)[C@H](n4cnc5c(=O)n6ccnc6[nH]c54)O[C@@H]3COP(=O)(S)O[C@H]2[C@H]1O. The number of nitrogens with one attached hydrogen (secondary N) is 1. The number of nitrogens with zero attached hydrogens (tertiary/aromatic N) is 8. The molecule has 0 radical (unpaired) electrons. The zero-order valence-electron chi connectivity index (χ0n) is 23.4. The number of aliphatic hydroxyl groups excluding tert-OH is 2. The fourth-order valence-electron chi connectivity index (χ4n) is 5.80. The van der Waals surface area contributed by atoms with Crippen LogP contribution in [0.1, 0.15) is 12.5 Å². The Hall–Kier alpha value is -2.89. The van der Waals surface area contributed by atoms with Crippen molar-refractivity contribution in [3.8, 4) is 0 Å². The van der Waals surface area contributed by atoms with Crippen molar-refractivity contribution in [2.45, 2.75) is 49.1 Å². The standard InChI is InChI=1S/C22H24N10O11P2S2/c23-16-10-17(26-5-25-16)31(6-27-10)20-12(33)14-8(40-20)3-38-45(37,47)43-15-9(4-39-44(36,46)42-14)41-21(13(15)34)32-7-28-11-18(32)29-22-24-1-2-30(22)19(11)35/h1-2,5-9,12-15,20-21,33-34H,3-4H2,(H,24,29)(H,36,46)(H,37,47)(H2,23,25,26)/t8-,9-,12-,13-,14-,15-,20-,21-,44?,45?/m1/s1. The maximum absolute atomic E-state index is 13.5. The average molecular weight is 731 g/mol. The number of aliphatic hydroxyl groups is 2. The van der Waals surface area contributed by atoms with Crippen molar-refractivity contribution in [1.29, 1.82) is 0 Å². The van der Waals surface area contributed by atoms with Crippen molar-refractivity contribution >= 4 is 71.5 Å². The largest absolute Gasteiger partial charge is 0.386 e. The van der Waals surface area contributed by atoms with E-state index in [1.165, 1.54) is 44.9 Å². The molecule has 0 amide bonds. The second-order valence-corrected chi connectivity index (χ2v) is 16.4. The van der Waals surface area contributed by atoms with E-state index < -0.39 is 81.4 Å². The fraction of sp³-hybridized carbons (Fsp3) is 0.455. The van der Waals surface area contributed by atoms with Gasteiger partial charge >= 0.3 is 13.5 Å². The minimum absolute atomic E-state index is 0.0289. The lowest BCUT2D eigenvalue weighted by Gasteiger charge is -2.29. The fourth-order valence-corrected chi connectivity index (χ4v) is 8.74. The van der Waals surface area contributed by atoms with Crippen molar-refractivity contribution < 1.29 is 47.2 Å². The Labute approximate surface area is 271 Å². The zero-order chi connectivity index (χ0) is 32.8. The molecule has 5 aromatic heterocycles. The highest BCUT2D eigenvalue weighted by molar-refractivity contribution is 8.44. The van der Waals surface area contributed by atoms with Gasteiger partial charge in [-0.05, 0) is 11.8 Å². The molecule has 3 aliphatic heterocycles. The van der Waals surface area contributed by atoms with E-state index in [1.54, 1.807) is 0 Å². The van der Waals surface area contributed by atoms with Gasteiger partial charge in [-0.25, -0.2) is 33.9 Å². The molecule has 250 valence electrons. The van der Waals surface area contributed by atoms with Crippen molar-refractivity contribution in [3.63, 3.8) is 0 Å². The molecular weight excluding hydrogens is 706 g/mol. The van der Waals surface area contributed by atoms with Crippen LogP contribution in [0.4, 0.5) is 5.82 Å². The van der Waals surface area contributed by atoms with Gasteiger partial charge in [0.25, 0.3) is 5.56 Å². The Morgan fingerprint density at radius 3 is 2.38 bits per heavy atom. The third-order valence-corrected chi connectivity index (χ3v) is 11.1. The molecule has 3 saturated heterocycles. The Morgan fingerprint density at radius 2 is 1.62 bits per heavy atom. The first-order chi connectivity index (χ1) is 22.4. The van der Waals surface area contributed by atoms with Crippen LogP contribution < -0.4 is 11.3 Å². The van der Waals surface area contributed by atoms with Crippen molar-refractivity contribution in [2.75, 3.05) is 18.9 Å². The van der Waals surface area contributed by atoms with Gasteiger partial charge in [0.15, 0.2) is 29.4 Å². The predicted octanol–water partition coefficient (Wildman–Crippen LogP) is -0.617. The molecule has 25 heteroatoms. The normalized spacial score (nSPS) is 36.8. The lowest BCUT2D eigenvalue weighted by atomic mass is 10.1. The molecule has 5 aromatic rings. The summed E-state index contributed by atoms with van der Waals surface area (Å²) in [5.41, 5.74) is 6.11. The van der Waals surface area contributed by atoms with E-state index in [0.29, 0.717) is 0 Å². The highest BCUT2D eigenvalue weighted by Gasteiger charge is 2.53. The average Bonchev–Trinajstić information content (AvgIpc) is 3.84. The molecule has 47 heavy (non-hydrogen) atoms. The first kappa shape index (κ1) is 31.4. The number of aromatic nitrogens is 9. The number of hydrogen-bond donors (Lipinski definition) is 6. The van der Waals surface area contributed by atoms with Crippen molar-refractivity contribution in [3.05, 3.63) is 41.7 Å². The third kappa shape index (κ3) is 5.31. The van der Waals surface area contributed by atoms with Crippen LogP contribution in [0.3, 0.4) is 0 Å². The van der Waals surface area contributed by atoms with Gasteiger partial charge < -0.3 is 39.8 Å². The smallest absolute Gasteiger partial charge is 0.386 e. The van der Waals surface area contributed by atoms with E-state index in [4.69, 9.17) is 45.1 Å². The summed E-state index contributed by atoms with van der Waals surface area (Å²) in [6.07, 6.45) is -4.05. The van der Waals surface area contributed by atoms with E-state index in [2.05, 4.69) is 42.2 Å². The molecule has 3 fully saturated rings. The van der Waals surface area contributed by atoms with Crippen LogP contribution in [0.15, 0.2) is 36.2 Å². The van der Waals surface area contributed by atoms with Crippen molar-refractivity contribution in [2.24, 2.45) is 0 Å². The molecule has 10 atom stereocenters. The molecule has 21 nitrogen and oxygen atoms in total. The summed E-state index contributed by atoms with van der Waals surface area (Å²) < 4.78 is 52.1. The van der Waals surface area contributed by atoms with E-state index in [-0.39, 0.29) is 33.9 Å². The first-order valence-corrected chi connectivity index (χ1v) is 19.0. The number of H-pyrrole nitrogens is 1. The van der Waals surface area contributed by atoms with Crippen LogP contribution in [0.25, 0.3) is 28.1 Å². The van der Waals surface area contributed by atoms with E-state index >= 15 is 0 Å². The van der Waals surface area contributed by atoms with E-state index in [1.807, 2.05) is 0 Å². The molecule has 0 spiro atoms. The summed E-state index contributed by atoms with van der Waals surface area (Å²) >= 11 is 9.36. The Kier molecular flexibility index (Phi) is 7.57. The highest BCUT2D eigenvalue weighted by atomic mass is 32.7. The summed E-state index contributed by atoms with van der Waals surface area (Å²) in [7, 11) is 0. The third-order valence-electron chi connectivity index (χ3n) is 7.95. The van der Waals surface area contributed by atoms with Gasteiger partial charge in [-0.1, -0.05) is 12.2 Å². The molecule has 3 aliphatic rings. The van der Waals surface area contributed by atoms with Crippen LogP contribution in [-0.4, -0.2) is 108 Å². The molecule has 6 N–H and O–H groups in total. The van der Waals surface area contributed by atoms with E-state index in [0.717, 1.165) is 0 Å². The molecular formula is C22H24N10O11P2S2. The lowest BCUT2D eigenvalue weighted by molar-refractivity contribution is -0.0577. The summed E-state index contributed by atoms with van der Waals surface area (Å²) in [4.78, 5) is 47.4. The van der Waals surface area contributed by atoms with Gasteiger partial charge in [0.1, 0.15) is 54.1 Å². The Balaban J connectivity index is 1.08. The highest BCUT2D eigenvalue weighted by Crippen LogP contribution is 2.58. The maximum Gasteiger partial charge on any atom is 0.386 e. The van der Waals surface area contributed by atoms with Gasteiger partial charge in [-0.3, -0.25) is 27.5 Å². The number of nitrogen functional groups attached to an aromatic ring is 1. The summed E-state index contributed by atoms with van der Waals surface area (Å²) in [6.45, 7) is -9.55. The number of hydrogen-bond acceptors (Lipinski definition) is 17. The van der Waals surface area contributed by atoms with Crippen molar-refractivity contribution in [1.82, 2.24) is 43.4 Å². The first-order valence-electron chi connectivity index (χ1n) is 13.7. The molecule has 0 bridgehead atoms. The number of ether oxygens (including phenoxy) is 2. The number of rotatable bonds is 2. The number of aromatic amines is 1. The van der Waals surface area contributed by atoms with Gasteiger partial charge in [0.05, 0.1) is 25.9 Å². The Bertz CT molecular complexity index is 2180. The zero-order valence-corrected chi connectivity index (χ0v) is 26.9. The number of anilines is 1. The number of thiol groups is 1. The minimum atomic E-state index is -4.30. The van der Waals surface area contributed by atoms with Gasteiger partial charge in [0, 0.05) is 12.4 Å². The molecule has 0 aromatic carbocycles. The molecule has 0 aliphatic carbocycles. The summed E-state index contributed by atoms with van der Waals surface area (Å²) in [5.74, 6) is 0.312. The summed E-state index contributed by atoms with van der Waals surface area (Å²) in [5, 5.41) is 22.7. The molecule has 2 unspecified atom stereocenters. The lowest BCUT2D eigenvalue weighted by Crippen LogP contribution is -2.38.